The summed E-state index contributed by atoms with van der Waals surface area (Å²) >= 11 is 0. The van der Waals surface area contributed by atoms with Gasteiger partial charge in [-0.1, -0.05) is 18.9 Å². The highest BCUT2D eigenvalue weighted by Gasteiger charge is 2.32. The first-order valence-electron chi connectivity index (χ1n) is 10.8. The fourth-order valence-electron chi connectivity index (χ4n) is 4.18. The standard InChI is InChI=1S/C24H27N3O4/c1-2-29-18-10-8-17(9-11-18)26-20-6-4-3-5-19(20)24(28)27-21(14-25)16-7-12-22-23(13-16)31-15-30-22/h7-13,19-21,26H,2-6,15H2,1H3,(H,27,28)/t19-,20+,21?/m1/s1. The van der Waals surface area contributed by atoms with Crippen molar-refractivity contribution in [1.29, 1.82) is 5.26 Å². The van der Waals surface area contributed by atoms with Crippen LogP contribution in [-0.4, -0.2) is 25.3 Å². The molecule has 0 saturated heterocycles. The highest BCUT2D eigenvalue weighted by atomic mass is 16.7. The van der Waals surface area contributed by atoms with E-state index in [1.54, 1.807) is 18.2 Å². The second kappa shape index (κ2) is 9.61. The van der Waals surface area contributed by atoms with Gasteiger partial charge in [0.2, 0.25) is 12.7 Å². The van der Waals surface area contributed by atoms with E-state index in [-0.39, 0.29) is 24.7 Å². The molecule has 1 fully saturated rings. The number of amides is 1. The Morgan fingerprint density at radius 3 is 2.71 bits per heavy atom. The fraction of sp³-hybridized carbons (Fsp3) is 0.417. The van der Waals surface area contributed by atoms with E-state index in [2.05, 4.69) is 16.7 Å². The molecule has 1 heterocycles. The lowest BCUT2D eigenvalue weighted by atomic mass is 9.83. The van der Waals surface area contributed by atoms with Gasteiger partial charge in [-0.05, 0) is 61.7 Å². The molecule has 2 aromatic rings. The van der Waals surface area contributed by atoms with Crippen molar-refractivity contribution >= 4 is 11.6 Å². The van der Waals surface area contributed by atoms with E-state index in [9.17, 15) is 10.1 Å². The Kier molecular flexibility index (Phi) is 6.46. The van der Waals surface area contributed by atoms with Crippen LogP contribution in [0.4, 0.5) is 5.69 Å². The molecule has 2 N–H and O–H groups in total. The molecule has 2 aliphatic rings. The summed E-state index contributed by atoms with van der Waals surface area (Å²) in [5.74, 6) is 1.77. The van der Waals surface area contributed by atoms with Crippen molar-refractivity contribution in [3.8, 4) is 23.3 Å². The number of hydrogen-bond acceptors (Lipinski definition) is 6. The lowest BCUT2D eigenvalue weighted by molar-refractivity contribution is -0.126. The normalized spacial score (nSPS) is 20.4. The van der Waals surface area contributed by atoms with Crippen LogP contribution < -0.4 is 24.8 Å². The van der Waals surface area contributed by atoms with Gasteiger partial charge in [-0.2, -0.15) is 5.26 Å². The van der Waals surface area contributed by atoms with Gasteiger partial charge in [0.25, 0.3) is 0 Å². The zero-order chi connectivity index (χ0) is 21.6. The summed E-state index contributed by atoms with van der Waals surface area (Å²) < 4.78 is 16.2. The number of nitriles is 1. The number of carbonyl (C=O) groups excluding carboxylic acids is 1. The summed E-state index contributed by atoms with van der Waals surface area (Å²) in [5.41, 5.74) is 1.65. The summed E-state index contributed by atoms with van der Waals surface area (Å²) in [7, 11) is 0. The molecular weight excluding hydrogens is 394 g/mol. The molecule has 7 nitrogen and oxygen atoms in total. The zero-order valence-corrected chi connectivity index (χ0v) is 17.6. The van der Waals surface area contributed by atoms with Crippen LogP contribution in [0.1, 0.15) is 44.2 Å². The minimum atomic E-state index is -0.741. The number of carbonyl (C=O) groups is 1. The second-order valence-electron chi connectivity index (χ2n) is 7.78. The molecule has 3 atom stereocenters. The Morgan fingerprint density at radius 2 is 1.94 bits per heavy atom. The predicted octanol–water partition coefficient (Wildman–Crippen LogP) is 4.17. The number of ether oxygens (including phenoxy) is 3. The molecule has 1 saturated carbocycles. The Labute approximate surface area is 182 Å². The van der Waals surface area contributed by atoms with Crippen molar-refractivity contribution in [3.63, 3.8) is 0 Å². The van der Waals surface area contributed by atoms with Gasteiger partial charge in [0.15, 0.2) is 11.5 Å². The molecule has 0 spiro atoms. The quantitative estimate of drug-likeness (QED) is 0.697. The molecule has 1 aliphatic heterocycles. The van der Waals surface area contributed by atoms with Crippen molar-refractivity contribution in [1.82, 2.24) is 5.32 Å². The molecule has 0 radical (unpaired) electrons. The topological polar surface area (TPSA) is 92.6 Å². The monoisotopic (exact) mass is 421 g/mol. The van der Waals surface area contributed by atoms with Crippen molar-refractivity contribution in [2.45, 2.75) is 44.7 Å². The number of hydrogen-bond donors (Lipinski definition) is 2. The summed E-state index contributed by atoms with van der Waals surface area (Å²) in [6.45, 7) is 2.75. The second-order valence-corrected chi connectivity index (χ2v) is 7.78. The van der Waals surface area contributed by atoms with E-state index in [1.165, 1.54) is 0 Å². The molecule has 0 bridgehead atoms. The van der Waals surface area contributed by atoms with Gasteiger partial charge in [0.05, 0.1) is 18.6 Å². The van der Waals surface area contributed by atoms with Gasteiger partial charge < -0.3 is 24.8 Å². The van der Waals surface area contributed by atoms with Gasteiger partial charge in [-0.3, -0.25) is 4.79 Å². The Balaban J connectivity index is 1.43. The maximum absolute atomic E-state index is 13.1. The number of rotatable bonds is 7. The van der Waals surface area contributed by atoms with Crippen LogP contribution in [0, 0.1) is 17.2 Å². The van der Waals surface area contributed by atoms with Crippen LogP contribution >= 0.6 is 0 Å². The molecule has 162 valence electrons. The average molecular weight is 421 g/mol. The summed E-state index contributed by atoms with van der Waals surface area (Å²) in [5, 5.41) is 16.1. The SMILES string of the molecule is CCOc1ccc(N[C@H]2CCCC[C@H]2C(=O)NC(C#N)c2ccc3c(c2)OCO3)cc1. The lowest BCUT2D eigenvalue weighted by Crippen LogP contribution is -2.43. The van der Waals surface area contributed by atoms with Crippen LogP contribution in [0.3, 0.4) is 0 Å². The first kappa shape index (κ1) is 20.9. The molecular formula is C24H27N3O4. The summed E-state index contributed by atoms with van der Waals surface area (Å²) in [6, 6.07) is 14.6. The molecule has 2 aromatic carbocycles. The van der Waals surface area contributed by atoms with Crippen molar-refractivity contribution in [2.75, 3.05) is 18.7 Å². The number of anilines is 1. The summed E-state index contributed by atoms with van der Waals surface area (Å²) in [4.78, 5) is 13.1. The largest absolute Gasteiger partial charge is 0.494 e. The van der Waals surface area contributed by atoms with Crippen molar-refractivity contribution in [3.05, 3.63) is 48.0 Å². The van der Waals surface area contributed by atoms with E-state index in [4.69, 9.17) is 14.2 Å². The van der Waals surface area contributed by atoms with E-state index in [0.717, 1.165) is 37.1 Å². The predicted molar refractivity (Wildman–Crippen MR) is 116 cm³/mol. The van der Waals surface area contributed by atoms with Gasteiger partial charge in [-0.25, -0.2) is 0 Å². The van der Waals surface area contributed by atoms with Gasteiger partial charge in [0, 0.05) is 11.7 Å². The third-order valence-electron chi connectivity index (χ3n) is 5.77. The molecule has 7 heteroatoms. The highest BCUT2D eigenvalue weighted by molar-refractivity contribution is 5.81. The molecule has 31 heavy (non-hydrogen) atoms. The van der Waals surface area contributed by atoms with Crippen molar-refractivity contribution < 1.29 is 19.0 Å². The van der Waals surface area contributed by atoms with E-state index >= 15 is 0 Å². The maximum atomic E-state index is 13.1. The van der Waals surface area contributed by atoms with E-state index in [0.29, 0.717) is 23.7 Å². The third kappa shape index (κ3) is 4.85. The van der Waals surface area contributed by atoms with E-state index in [1.807, 2.05) is 31.2 Å². The number of nitrogens with zero attached hydrogens (tertiary/aromatic N) is 1. The first-order chi connectivity index (χ1) is 15.2. The molecule has 0 aromatic heterocycles. The van der Waals surface area contributed by atoms with Gasteiger partial charge >= 0.3 is 0 Å². The van der Waals surface area contributed by atoms with Gasteiger partial charge in [-0.15, -0.1) is 0 Å². The molecule has 1 aliphatic carbocycles. The van der Waals surface area contributed by atoms with Crippen LogP contribution in [-0.2, 0) is 4.79 Å². The molecule has 1 unspecified atom stereocenters. The van der Waals surface area contributed by atoms with Crippen LogP contribution in [0.15, 0.2) is 42.5 Å². The van der Waals surface area contributed by atoms with Gasteiger partial charge in [0.1, 0.15) is 11.8 Å². The zero-order valence-electron chi connectivity index (χ0n) is 17.6. The maximum Gasteiger partial charge on any atom is 0.231 e. The number of nitrogens with one attached hydrogen (secondary N) is 2. The first-order valence-corrected chi connectivity index (χ1v) is 10.8. The third-order valence-corrected chi connectivity index (χ3v) is 5.77. The van der Waals surface area contributed by atoms with Crippen LogP contribution in [0.2, 0.25) is 0 Å². The Bertz CT molecular complexity index is 954. The minimum Gasteiger partial charge on any atom is -0.494 e. The Morgan fingerprint density at radius 1 is 1.16 bits per heavy atom. The smallest absolute Gasteiger partial charge is 0.231 e. The van der Waals surface area contributed by atoms with Crippen LogP contribution in [0.25, 0.3) is 0 Å². The van der Waals surface area contributed by atoms with Crippen molar-refractivity contribution in [2.24, 2.45) is 5.92 Å². The Hall–Kier alpha value is -3.40. The van der Waals surface area contributed by atoms with Crippen LogP contribution in [0.5, 0.6) is 17.2 Å². The molecule has 1 amide bonds. The van der Waals surface area contributed by atoms with E-state index < -0.39 is 6.04 Å². The fourth-order valence-corrected chi connectivity index (χ4v) is 4.18. The molecule has 4 rings (SSSR count). The number of benzene rings is 2. The highest BCUT2D eigenvalue weighted by Crippen LogP contribution is 2.34. The minimum absolute atomic E-state index is 0.0165. The number of fused-ring (bicyclic) bond motifs is 1. The summed E-state index contributed by atoms with van der Waals surface area (Å²) in [6.07, 6.45) is 3.77. The lowest BCUT2D eigenvalue weighted by Gasteiger charge is -2.32. The average Bonchev–Trinajstić information content (AvgIpc) is 3.27.